The van der Waals surface area contributed by atoms with E-state index in [9.17, 15) is 4.79 Å². The third-order valence-electron chi connectivity index (χ3n) is 1.19. The normalized spacial score (nSPS) is 9.64. The Hall–Kier alpha value is -0.540. The van der Waals surface area contributed by atoms with Crippen molar-refractivity contribution >= 4 is 29.6 Å². The number of halogens is 1. The zero-order valence-corrected chi connectivity index (χ0v) is 7.45. The summed E-state index contributed by atoms with van der Waals surface area (Å²) in [5.41, 5.74) is 0.296. The Morgan fingerprint density at radius 3 is 2.91 bits per heavy atom. The molecule has 1 heterocycles. The fourth-order valence-electron chi connectivity index (χ4n) is 0.629. The molecule has 0 saturated carbocycles. The van der Waals surface area contributed by atoms with Gasteiger partial charge in [-0.1, -0.05) is 11.6 Å². The van der Waals surface area contributed by atoms with Crippen LogP contribution in [-0.2, 0) is 0 Å². The van der Waals surface area contributed by atoms with Crippen LogP contribution >= 0.6 is 23.4 Å². The first kappa shape index (κ1) is 8.56. The van der Waals surface area contributed by atoms with Crippen molar-refractivity contribution in [2.75, 3.05) is 6.26 Å². The van der Waals surface area contributed by atoms with Crippen molar-refractivity contribution in [3.8, 4) is 0 Å². The number of pyridine rings is 1. The van der Waals surface area contributed by atoms with Crippen molar-refractivity contribution < 1.29 is 4.79 Å². The van der Waals surface area contributed by atoms with Crippen LogP contribution < -0.4 is 0 Å². The van der Waals surface area contributed by atoms with E-state index in [1.54, 1.807) is 12.3 Å². The molecule has 0 saturated heterocycles. The quantitative estimate of drug-likeness (QED) is 0.526. The van der Waals surface area contributed by atoms with Gasteiger partial charge in [0.25, 0.3) is 0 Å². The Bertz CT molecular complexity index is 277. The molecule has 0 atom stereocenters. The van der Waals surface area contributed by atoms with Crippen LogP contribution in [0.5, 0.6) is 0 Å². The average molecular weight is 188 g/mol. The maximum Gasteiger partial charge on any atom is 0.169 e. The van der Waals surface area contributed by atoms with Crippen molar-refractivity contribution in [3.63, 3.8) is 0 Å². The minimum absolute atomic E-state index is 0.296. The number of rotatable bonds is 2. The lowest BCUT2D eigenvalue weighted by atomic mass is 10.4. The van der Waals surface area contributed by atoms with Crippen LogP contribution in [0.2, 0.25) is 5.02 Å². The predicted molar refractivity (Wildman–Crippen MR) is 46.4 cm³/mol. The summed E-state index contributed by atoms with van der Waals surface area (Å²) in [5, 5.41) is 0.409. The highest BCUT2D eigenvalue weighted by molar-refractivity contribution is 7.98. The van der Waals surface area contributed by atoms with E-state index in [4.69, 9.17) is 11.6 Å². The Balaban J connectivity index is 3.09. The van der Waals surface area contributed by atoms with Gasteiger partial charge in [0, 0.05) is 11.1 Å². The molecular formula is C7H6ClNOS. The number of aromatic nitrogens is 1. The highest BCUT2D eigenvalue weighted by Crippen LogP contribution is 2.19. The predicted octanol–water partition coefficient (Wildman–Crippen LogP) is 2.27. The summed E-state index contributed by atoms with van der Waals surface area (Å²) in [4.78, 5) is 15.1. The Kier molecular flexibility index (Phi) is 2.91. The van der Waals surface area contributed by atoms with Crippen LogP contribution in [0.1, 0.15) is 10.5 Å². The Labute approximate surface area is 74.0 Å². The summed E-state index contributed by atoms with van der Waals surface area (Å²) >= 11 is 7.24. The number of nitrogens with zero attached hydrogens (tertiary/aromatic N) is 1. The SMILES string of the molecule is CSc1cnc(C=O)c(Cl)c1. The molecule has 0 radical (unpaired) electrons. The molecule has 4 heteroatoms. The molecule has 1 aromatic rings. The molecular weight excluding hydrogens is 182 g/mol. The number of hydrogen-bond acceptors (Lipinski definition) is 3. The van der Waals surface area contributed by atoms with Gasteiger partial charge in [0.1, 0.15) is 5.69 Å². The van der Waals surface area contributed by atoms with Gasteiger partial charge in [-0.25, -0.2) is 0 Å². The topological polar surface area (TPSA) is 30.0 Å². The first-order chi connectivity index (χ1) is 5.27. The second-order valence-corrected chi connectivity index (χ2v) is 3.15. The van der Waals surface area contributed by atoms with Crippen molar-refractivity contribution in [2.24, 2.45) is 0 Å². The standard InChI is InChI=1S/C7H6ClNOS/c1-11-5-2-6(8)7(4-10)9-3-5/h2-4H,1H3. The maximum atomic E-state index is 10.3. The highest BCUT2D eigenvalue weighted by Gasteiger charge is 2.00. The van der Waals surface area contributed by atoms with Crippen molar-refractivity contribution in [1.82, 2.24) is 4.98 Å². The molecule has 2 nitrogen and oxygen atoms in total. The second-order valence-electron chi connectivity index (χ2n) is 1.86. The molecule has 0 aliphatic heterocycles. The number of hydrogen-bond donors (Lipinski definition) is 0. The van der Waals surface area contributed by atoms with E-state index in [1.807, 2.05) is 6.26 Å². The monoisotopic (exact) mass is 187 g/mol. The molecule has 0 bridgehead atoms. The molecule has 58 valence electrons. The van der Waals surface area contributed by atoms with Gasteiger partial charge in [-0.2, -0.15) is 0 Å². The van der Waals surface area contributed by atoms with Gasteiger partial charge in [0.05, 0.1) is 5.02 Å². The molecule has 0 N–H and O–H groups in total. The van der Waals surface area contributed by atoms with E-state index in [1.165, 1.54) is 11.8 Å². The van der Waals surface area contributed by atoms with Gasteiger partial charge >= 0.3 is 0 Å². The van der Waals surface area contributed by atoms with Crippen LogP contribution in [0.15, 0.2) is 17.2 Å². The third-order valence-corrected chi connectivity index (χ3v) is 2.19. The minimum Gasteiger partial charge on any atom is -0.296 e. The van der Waals surface area contributed by atoms with Gasteiger partial charge < -0.3 is 0 Å². The summed E-state index contributed by atoms with van der Waals surface area (Å²) < 4.78 is 0. The number of thioether (sulfide) groups is 1. The molecule has 0 aliphatic carbocycles. The third kappa shape index (κ3) is 1.94. The zero-order chi connectivity index (χ0) is 8.27. The first-order valence-corrected chi connectivity index (χ1v) is 4.53. The van der Waals surface area contributed by atoms with Gasteiger partial charge in [-0.15, -0.1) is 11.8 Å². The van der Waals surface area contributed by atoms with E-state index in [0.717, 1.165) is 4.90 Å². The van der Waals surface area contributed by atoms with E-state index in [0.29, 0.717) is 17.0 Å². The summed E-state index contributed by atoms with van der Waals surface area (Å²) in [7, 11) is 0. The molecule has 0 aromatic carbocycles. The average Bonchev–Trinajstić information content (AvgIpc) is 2.04. The van der Waals surface area contributed by atoms with Crippen LogP contribution in [0.4, 0.5) is 0 Å². The maximum absolute atomic E-state index is 10.3. The van der Waals surface area contributed by atoms with E-state index >= 15 is 0 Å². The molecule has 1 rings (SSSR count). The first-order valence-electron chi connectivity index (χ1n) is 2.92. The summed E-state index contributed by atoms with van der Waals surface area (Å²) in [6, 6.07) is 1.73. The van der Waals surface area contributed by atoms with E-state index in [-0.39, 0.29) is 0 Å². The Morgan fingerprint density at radius 2 is 2.45 bits per heavy atom. The highest BCUT2D eigenvalue weighted by atomic mass is 35.5. The van der Waals surface area contributed by atoms with Gasteiger partial charge in [-0.3, -0.25) is 9.78 Å². The van der Waals surface area contributed by atoms with Crippen LogP contribution in [0, 0.1) is 0 Å². The minimum atomic E-state index is 0.296. The van der Waals surface area contributed by atoms with Gasteiger partial charge in [-0.05, 0) is 12.3 Å². The lowest BCUT2D eigenvalue weighted by Gasteiger charge is -1.97. The summed E-state index contributed by atoms with van der Waals surface area (Å²) in [6.45, 7) is 0. The van der Waals surface area contributed by atoms with Gasteiger partial charge in [0.15, 0.2) is 6.29 Å². The summed E-state index contributed by atoms with van der Waals surface area (Å²) in [5.74, 6) is 0. The van der Waals surface area contributed by atoms with Crippen molar-refractivity contribution in [3.05, 3.63) is 23.0 Å². The number of aldehydes is 1. The molecule has 0 amide bonds. The smallest absolute Gasteiger partial charge is 0.169 e. The lowest BCUT2D eigenvalue weighted by Crippen LogP contribution is -1.87. The molecule has 0 aliphatic rings. The number of carbonyl (C=O) groups is 1. The van der Waals surface area contributed by atoms with Crippen LogP contribution in [-0.4, -0.2) is 17.5 Å². The van der Waals surface area contributed by atoms with Crippen molar-refractivity contribution in [2.45, 2.75) is 4.90 Å². The molecule has 1 aromatic heterocycles. The van der Waals surface area contributed by atoms with Gasteiger partial charge in [0.2, 0.25) is 0 Å². The molecule has 0 spiro atoms. The molecule has 0 fully saturated rings. The van der Waals surface area contributed by atoms with Crippen LogP contribution in [0.25, 0.3) is 0 Å². The second kappa shape index (κ2) is 3.74. The fraction of sp³-hybridized carbons (Fsp3) is 0.143. The van der Waals surface area contributed by atoms with E-state index < -0.39 is 0 Å². The van der Waals surface area contributed by atoms with E-state index in [2.05, 4.69) is 4.98 Å². The molecule has 11 heavy (non-hydrogen) atoms. The Morgan fingerprint density at radius 1 is 1.73 bits per heavy atom. The molecule has 0 unspecified atom stereocenters. The number of carbonyl (C=O) groups excluding carboxylic acids is 1. The fourth-order valence-corrected chi connectivity index (χ4v) is 1.30. The zero-order valence-electron chi connectivity index (χ0n) is 5.87. The van der Waals surface area contributed by atoms with Crippen LogP contribution in [0.3, 0.4) is 0 Å². The lowest BCUT2D eigenvalue weighted by molar-refractivity contribution is 0.111. The largest absolute Gasteiger partial charge is 0.296 e. The van der Waals surface area contributed by atoms with Crippen molar-refractivity contribution in [1.29, 1.82) is 0 Å². The summed E-state index contributed by atoms with van der Waals surface area (Å²) in [6.07, 6.45) is 4.20.